The molecule has 0 aliphatic heterocycles. The number of nitrogens with one attached hydrogen (secondary N) is 1. The third kappa shape index (κ3) is 6.64. The van der Waals surface area contributed by atoms with E-state index in [4.69, 9.17) is 10.5 Å². The number of ether oxygens (including phenoxy) is 1. The summed E-state index contributed by atoms with van der Waals surface area (Å²) >= 11 is 0. The van der Waals surface area contributed by atoms with Crippen molar-refractivity contribution in [1.82, 2.24) is 5.32 Å². The van der Waals surface area contributed by atoms with Gasteiger partial charge in [0.2, 0.25) is 5.91 Å². The van der Waals surface area contributed by atoms with Gasteiger partial charge in [-0.25, -0.2) is 0 Å². The quantitative estimate of drug-likeness (QED) is 0.575. The monoisotopic (exact) mass is 244 g/mol. The van der Waals surface area contributed by atoms with Crippen LogP contribution in [0.5, 0.6) is 0 Å². The van der Waals surface area contributed by atoms with Crippen molar-refractivity contribution in [2.24, 2.45) is 11.7 Å². The molecule has 0 heterocycles. The zero-order valence-electron chi connectivity index (χ0n) is 11.7. The molecule has 0 aromatic rings. The molecule has 0 aromatic carbocycles. The van der Waals surface area contributed by atoms with Crippen molar-refractivity contribution in [1.29, 1.82) is 0 Å². The third-order valence-corrected chi connectivity index (χ3v) is 3.04. The van der Waals surface area contributed by atoms with Gasteiger partial charge >= 0.3 is 0 Å². The van der Waals surface area contributed by atoms with E-state index < -0.39 is 5.54 Å². The van der Waals surface area contributed by atoms with Crippen molar-refractivity contribution in [3.63, 3.8) is 0 Å². The molecule has 0 aliphatic rings. The number of carbonyl (C=O) groups excluding carboxylic acids is 1. The maximum atomic E-state index is 11.3. The minimum Gasteiger partial charge on any atom is -0.381 e. The predicted octanol–water partition coefficient (Wildman–Crippen LogP) is 1.68. The van der Waals surface area contributed by atoms with Gasteiger partial charge in [0.15, 0.2) is 0 Å². The number of hydrogen-bond donors (Lipinski definition) is 2. The number of hydrogen-bond acceptors (Lipinski definition) is 3. The van der Waals surface area contributed by atoms with Crippen LogP contribution in [0.15, 0.2) is 0 Å². The van der Waals surface area contributed by atoms with Crippen LogP contribution in [-0.2, 0) is 9.53 Å². The summed E-state index contributed by atoms with van der Waals surface area (Å²) in [5, 5.41) is 3.12. The maximum Gasteiger partial charge on any atom is 0.237 e. The number of rotatable bonds is 10. The van der Waals surface area contributed by atoms with Crippen molar-refractivity contribution in [3.05, 3.63) is 0 Å². The smallest absolute Gasteiger partial charge is 0.237 e. The third-order valence-electron chi connectivity index (χ3n) is 3.04. The standard InChI is InChI=1S/C13H28N2O2/c1-5-7-11(3)10-17-9-8-13(4,12(14)16)15-6-2/h11,15H,5-10H2,1-4H3,(H2,14,16). The van der Waals surface area contributed by atoms with Crippen LogP contribution in [0.2, 0.25) is 0 Å². The second kappa shape index (κ2) is 8.48. The zero-order chi connectivity index (χ0) is 13.3. The molecule has 4 nitrogen and oxygen atoms in total. The molecule has 0 saturated carbocycles. The lowest BCUT2D eigenvalue weighted by Gasteiger charge is -2.27. The van der Waals surface area contributed by atoms with Gasteiger partial charge in [0, 0.05) is 13.2 Å². The molecule has 2 atom stereocenters. The fourth-order valence-electron chi connectivity index (χ4n) is 1.83. The maximum absolute atomic E-state index is 11.3. The van der Waals surface area contributed by atoms with Crippen molar-refractivity contribution < 1.29 is 9.53 Å². The van der Waals surface area contributed by atoms with Crippen molar-refractivity contribution >= 4 is 5.91 Å². The Morgan fingerprint density at radius 2 is 2.12 bits per heavy atom. The summed E-state index contributed by atoms with van der Waals surface area (Å²) in [5.74, 6) is 0.267. The molecule has 0 rings (SSSR count). The van der Waals surface area contributed by atoms with E-state index in [9.17, 15) is 4.79 Å². The number of carbonyl (C=O) groups is 1. The van der Waals surface area contributed by atoms with Crippen molar-refractivity contribution in [2.45, 2.75) is 52.5 Å². The summed E-state index contributed by atoms with van der Waals surface area (Å²) in [7, 11) is 0. The molecule has 17 heavy (non-hydrogen) atoms. The number of primary amides is 1. The second-order valence-corrected chi connectivity index (χ2v) is 4.95. The van der Waals surface area contributed by atoms with Crippen LogP contribution in [-0.4, -0.2) is 31.2 Å². The van der Waals surface area contributed by atoms with Crippen molar-refractivity contribution in [3.8, 4) is 0 Å². The Labute approximate surface area is 105 Å². The summed E-state index contributed by atoms with van der Waals surface area (Å²) in [6.45, 7) is 10.2. The van der Waals surface area contributed by atoms with Gasteiger partial charge < -0.3 is 15.8 Å². The van der Waals surface area contributed by atoms with Crippen molar-refractivity contribution in [2.75, 3.05) is 19.8 Å². The predicted molar refractivity (Wildman–Crippen MR) is 70.8 cm³/mol. The van der Waals surface area contributed by atoms with Crippen LogP contribution in [0.1, 0.15) is 47.0 Å². The lowest BCUT2D eigenvalue weighted by atomic mass is 9.97. The number of likely N-dealkylation sites (N-methyl/N-ethyl adjacent to an activating group) is 1. The molecule has 0 aliphatic carbocycles. The van der Waals surface area contributed by atoms with E-state index >= 15 is 0 Å². The molecule has 0 fully saturated rings. The molecule has 1 amide bonds. The number of nitrogens with two attached hydrogens (primary N) is 1. The first kappa shape index (κ1) is 16.4. The molecular weight excluding hydrogens is 216 g/mol. The van der Waals surface area contributed by atoms with E-state index in [-0.39, 0.29) is 5.91 Å². The topological polar surface area (TPSA) is 64.3 Å². The van der Waals surface area contributed by atoms with Gasteiger partial charge in [-0.15, -0.1) is 0 Å². The van der Waals surface area contributed by atoms with Crippen LogP contribution < -0.4 is 11.1 Å². The van der Waals surface area contributed by atoms with Gasteiger partial charge in [-0.2, -0.15) is 0 Å². The first-order valence-corrected chi connectivity index (χ1v) is 6.59. The van der Waals surface area contributed by atoms with E-state index in [1.54, 1.807) is 0 Å². The van der Waals surface area contributed by atoms with Crippen LogP contribution in [0, 0.1) is 5.92 Å². The normalized spacial score (nSPS) is 16.5. The zero-order valence-corrected chi connectivity index (χ0v) is 11.7. The largest absolute Gasteiger partial charge is 0.381 e. The van der Waals surface area contributed by atoms with Gasteiger partial charge in [0.1, 0.15) is 0 Å². The summed E-state index contributed by atoms with van der Waals surface area (Å²) in [5.41, 5.74) is 4.74. The van der Waals surface area contributed by atoms with E-state index in [0.29, 0.717) is 18.9 Å². The Morgan fingerprint density at radius 3 is 2.59 bits per heavy atom. The van der Waals surface area contributed by atoms with Gasteiger partial charge in [-0.05, 0) is 32.2 Å². The Kier molecular flexibility index (Phi) is 8.17. The first-order valence-electron chi connectivity index (χ1n) is 6.59. The van der Waals surface area contributed by atoms with Crippen LogP contribution in [0.4, 0.5) is 0 Å². The van der Waals surface area contributed by atoms with E-state index in [2.05, 4.69) is 19.2 Å². The average molecular weight is 244 g/mol. The molecule has 2 unspecified atom stereocenters. The van der Waals surface area contributed by atoms with E-state index in [1.165, 1.54) is 12.8 Å². The average Bonchev–Trinajstić information content (AvgIpc) is 2.25. The Hall–Kier alpha value is -0.610. The second-order valence-electron chi connectivity index (χ2n) is 4.95. The van der Waals surface area contributed by atoms with Gasteiger partial charge in [-0.3, -0.25) is 4.79 Å². The van der Waals surface area contributed by atoms with Gasteiger partial charge in [-0.1, -0.05) is 27.2 Å². The molecule has 4 heteroatoms. The summed E-state index contributed by atoms with van der Waals surface area (Å²) in [4.78, 5) is 11.3. The minimum atomic E-state index is -0.650. The molecule has 0 bridgehead atoms. The highest BCUT2D eigenvalue weighted by Gasteiger charge is 2.29. The Morgan fingerprint density at radius 1 is 1.47 bits per heavy atom. The van der Waals surface area contributed by atoms with Crippen LogP contribution in [0.25, 0.3) is 0 Å². The summed E-state index contributed by atoms with van der Waals surface area (Å²) in [6, 6.07) is 0. The van der Waals surface area contributed by atoms with Crippen LogP contribution >= 0.6 is 0 Å². The highest BCUT2D eigenvalue weighted by Crippen LogP contribution is 2.10. The van der Waals surface area contributed by atoms with Gasteiger partial charge in [0.05, 0.1) is 5.54 Å². The van der Waals surface area contributed by atoms with Gasteiger partial charge in [0.25, 0.3) is 0 Å². The van der Waals surface area contributed by atoms with Crippen LogP contribution in [0.3, 0.4) is 0 Å². The molecule has 0 saturated heterocycles. The van der Waals surface area contributed by atoms with E-state index in [0.717, 1.165) is 13.2 Å². The molecule has 0 aromatic heterocycles. The summed E-state index contributed by atoms with van der Waals surface area (Å²) in [6.07, 6.45) is 2.98. The molecular formula is C13H28N2O2. The number of amides is 1. The SMILES string of the molecule is CCCC(C)COCCC(C)(NCC)C(N)=O. The van der Waals surface area contributed by atoms with E-state index in [1.807, 2.05) is 13.8 Å². The highest BCUT2D eigenvalue weighted by atomic mass is 16.5. The molecule has 3 N–H and O–H groups in total. The fourth-order valence-corrected chi connectivity index (χ4v) is 1.83. The molecule has 0 spiro atoms. The fraction of sp³-hybridized carbons (Fsp3) is 0.923. The lowest BCUT2D eigenvalue weighted by Crippen LogP contribution is -2.53. The molecule has 102 valence electrons. The minimum absolute atomic E-state index is 0.315. The lowest BCUT2D eigenvalue weighted by molar-refractivity contribution is -0.124. The Bertz CT molecular complexity index is 221. The highest BCUT2D eigenvalue weighted by molar-refractivity contribution is 5.84. The first-order chi connectivity index (χ1) is 7.96. The molecule has 0 radical (unpaired) electrons. The summed E-state index contributed by atoms with van der Waals surface area (Å²) < 4.78 is 5.59. The Balaban J connectivity index is 3.87.